The Morgan fingerprint density at radius 1 is 1.33 bits per heavy atom. The predicted octanol–water partition coefficient (Wildman–Crippen LogP) is 4.38. The van der Waals surface area contributed by atoms with E-state index < -0.39 is 18.1 Å². The van der Waals surface area contributed by atoms with E-state index in [1.807, 2.05) is 0 Å². The van der Waals surface area contributed by atoms with Crippen molar-refractivity contribution >= 4 is 39.1 Å². The summed E-state index contributed by atoms with van der Waals surface area (Å²) in [6, 6.07) is 7.70. The van der Waals surface area contributed by atoms with Crippen LogP contribution in [0.25, 0.3) is 15.9 Å². The van der Waals surface area contributed by atoms with Gasteiger partial charge in [0.25, 0.3) is 6.43 Å². The van der Waals surface area contributed by atoms with E-state index in [0.717, 1.165) is 11.3 Å². The van der Waals surface area contributed by atoms with Crippen LogP contribution in [0.1, 0.15) is 21.8 Å². The van der Waals surface area contributed by atoms with Gasteiger partial charge >= 0.3 is 5.97 Å². The average molecular weight is 329 g/mol. The van der Waals surface area contributed by atoms with Crippen molar-refractivity contribution in [2.24, 2.45) is 0 Å². The second-order valence-electron chi connectivity index (χ2n) is 4.21. The van der Waals surface area contributed by atoms with Crippen molar-refractivity contribution in [3.8, 4) is 5.69 Å². The van der Waals surface area contributed by atoms with Crippen molar-refractivity contribution in [2.75, 3.05) is 0 Å². The summed E-state index contributed by atoms with van der Waals surface area (Å²) in [4.78, 5) is 11.4. The molecule has 2 aromatic heterocycles. The summed E-state index contributed by atoms with van der Waals surface area (Å²) in [5, 5.41) is 13.6. The molecule has 0 atom stereocenters. The molecule has 108 valence electrons. The standard InChI is InChI=1S/C13H7ClF2N2O2S/c14-6-1-3-7(4-2-6)18-12-8(10(17-18)11(15)16)5-9(21-12)13(19)20/h1-5,11H,(H,19,20). The van der Waals surface area contributed by atoms with E-state index in [-0.39, 0.29) is 10.3 Å². The molecule has 0 spiro atoms. The molecule has 0 saturated heterocycles. The highest BCUT2D eigenvalue weighted by molar-refractivity contribution is 7.20. The van der Waals surface area contributed by atoms with E-state index in [9.17, 15) is 13.6 Å². The topological polar surface area (TPSA) is 55.1 Å². The molecule has 0 amide bonds. The fourth-order valence-electron chi connectivity index (χ4n) is 1.95. The normalized spacial score (nSPS) is 11.4. The van der Waals surface area contributed by atoms with Crippen LogP contribution in [0.15, 0.2) is 30.3 Å². The first-order chi connectivity index (χ1) is 9.97. The molecular formula is C13H7ClF2N2O2S. The number of carboxylic acids is 1. The van der Waals surface area contributed by atoms with Crippen molar-refractivity contribution < 1.29 is 18.7 Å². The summed E-state index contributed by atoms with van der Waals surface area (Å²) in [6.07, 6.45) is -2.78. The molecule has 0 unspecified atom stereocenters. The number of rotatable bonds is 3. The van der Waals surface area contributed by atoms with Gasteiger partial charge in [-0.05, 0) is 30.3 Å². The van der Waals surface area contributed by atoms with Crippen molar-refractivity contribution in [2.45, 2.75) is 6.43 Å². The van der Waals surface area contributed by atoms with Gasteiger partial charge in [0.1, 0.15) is 15.4 Å². The summed E-state index contributed by atoms with van der Waals surface area (Å²) in [7, 11) is 0. The Morgan fingerprint density at radius 3 is 2.57 bits per heavy atom. The first-order valence-electron chi connectivity index (χ1n) is 5.77. The minimum atomic E-state index is -2.78. The Kier molecular flexibility index (Phi) is 3.38. The number of carboxylic acid groups (broad SMARTS) is 1. The van der Waals surface area contributed by atoms with E-state index in [1.165, 1.54) is 10.7 Å². The van der Waals surface area contributed by atoms with Gasteiger partial charge in [0, 0.05) is 10.4 Å². The van der Waals surface area contributed by atoms with Crippen molar-refractivity contribution in [3.63, 3.8) is 0 Å². The number of aromatic nitrogens is 2. The van der Waals surface area contributed by atoms with Gasteiger partial charge in [-0.15, -0.1) is 11.3 Å². The molecule has 3 rings (SSSR count). The van der Waals surface area contributed by atoms with Crippen molar-refractivity contribution in [1.82, 2.24) is 9.78 Å². The van der Waals surface area contributed by atoms with Crippen LogP contribution in [-0.4, -0.2) is 20.9 Å². The molecule has 0 radical (unpaired) electrons. The molecule has 0 aliphatic rings. The highest BCUT2D eigenvalue weighted by Crippen LogP contribution is 2.35. The van der Waals surface area contributed by atoms with Crippen LogP contribution < -0.4 is 0 Å². The molecule has 1 N–H and O–H groups in total. The van der Waals surface area contributed by atoms with Gasteiger partial charge in [0.05, 0.1) is 5.69 Å². The number of halogens is 3. The monoisotopic (exact) mass is 328 g/mol. The number of nitrogens with zero attached hydrogens (tertiary/aromatic N) is 2. The Bertz CT molecular complexity index is 827. The average Bonchev–Trinajstić information content (AvgIpc) is 2.98. The van der Waals surface area contributed by atoms with Gasteiger partial charge in [-0.3, -0.25) is 0 Å². The van der Waals surface area contributed by atoms with E-state index in [4.69, 9.17) is 16.7 Å². The SMILES string of the molecule is O=C(O)c1cc2c(C(F)F)nn(-c3ccc(Cl)cc3)c2s1. The molecule has 4 nitrogen and oxygen atoms in total. The third kappa shape index (κ3) is 2.38. The van der Waals surface area contributed by atoms with Gasteiger partial charge in [0.2, 0.25) is 0 Å². The number of aromatic carboxylic acids is 1. The van der Waals surface area contributed by atoms with E-state index in [1.54, 1.807) is 24.3 Å². The molecule has 21 heavy (non-hydrogen) atoms. The van der Waals surface area contributed by atoms with Crippen LogP contribution in [0.3, 0.4) is 0 Å². The van der Waals surface area contributed by atoms with Crippen molar-refractivity contribution in [3.05, 3.63) is 45.9 Å². The molecule has 0 fully saturated rings. The van der Waals surface area contributed by atoms with Gasteiger partial charge in [-0.2, -0.15) is 5.10 Å². The molecule has 8 heteroatoms. The highest BCUT2D eigenvalue weighted by atomic mass is 35.5. The maximum absolute atomic E-state index is 13.1. The summed E-state index contributed by atoms with van der Waals surface area (Å²) >= 11 is 6.70. The summed E-state index contributed by atoms with van der Waals surface area (Å²) < 4.78 is 27.4. The quantitative estimate of drug-likeness (QED) is 0.776. The second kappa shape index (κ2) is 5.09. The van der Waals surface area contributed by atoms with Crippen LogP contribution >= 0.6 is 22.9 Å². The lowest BCUT2D eigenvalue weighted by atomic mass is 10.3. The highest BCUT2D eigenvalue weighted by Gasteiger charge is 2.23. The van der Waals surface area contributed by atoms with Crippen LogP contribution in [0.4, 0.5) is 8.78 Å². The number of alkyl halides is 2. The van der Waals surface area contributed by atoms with Crippen LogP contribution in [0, 0.1) is 0 Å². The van der Waals surface area contributed by atoms with Crippen molar-refractivity contribution in [1.29, 1.82) is 0 Å². The lowest BCUT2D eigenvalue weighted by Crippen LogP contribution is -1.97. The molecular weight excluding hydrogens is 322 g/mol. The first kappa shape index (κ1) is 14.0. The largest absolute Gasteiger partial charge is 0.477 e. The van der Waals surface area contributed by atoms with E-state index >= 15 is 0 Å². The number of hydrogen-bond acceptors (Lipinski definition) is 3. The third-order valence-electron chi connectivity index (χ3n) is 2.88. The van der Waals surface area contributed by atoms with E-state index in [0.29, 0.717) is 15.5 Å². The first-order valence-corrected chi connectivity index (χ1v) is 6.96. The zero-order valence-electron chi connectivity index (χ0n) is 10.3. The Balaban J connectivity index is 2.26. The van der Waals surface area contributed by atoms with Gasteiger partial charge in [-0.1, -0.05) is 11.6 Å². The van der Waals surface area contributed by atoms with Crippen LogP contribution in [0.2, 0.25) is 5.02 Å². The van der Waals surface area contributed by atoms with Gasteiger partial charge in [-0.25, -0.2) is 18.3 Å². The molecule has 3 aromatic rings. The molecule has 1 aromatic carbocycles. The minimum absolute atomic E-state index is 0.00739. The zero-order chi connectivity index (χ0) is 15.1. The van der Waals surface area contributed by atoms with Gasteiger partial charge < -0.3 is 5.11 Å². The Hall–Kier alpha value is -1.99. The van der Waals surface area contributed by atoms with Crippen LogP contribution in [-0.2, 0) is 0 Å². The number of benzene rings is 1. The van der Waals surface area contributed by atoms with Gasteiger partial charge in [0.15, 0.2) is 0 Å². The maximum atomic E-state index is 13.1. The number of hydrogen-bond donors (Lipinski definition) is 1. The minimum Gasteiger partial charge on any atom is -0.477 e. The molecule has 2 heterocycles. The third-order valence-corrected chi connectivity index (χ3v) is 4.23. The zero-order valence-corrected chi connectivity index (χ0v) is 11.8. The number of thiophene rings is 1. The molecule has 0 bridgehead atoms. The predicted molar refractivity (Wildman–Crippen MR) is 75.9 cm³/mol. The maximum Gasteiger partial charge on any atom is 0.345 e. The number of fused-ring (bicyclic) bond motifs is 1. The summed E-state index contributed by atoms with van der Waals surface area (Å²) in [5.74, 6) is -1.15. The lowest BCUT2D eigenvalue weighted by Gasteiger charge is -2.02. The Morgan fingerprint density at radius 2 is 2.00 bits per heavy atom. The molecule has 0 aliphatic heterocycles. The molecule has 0 saturated carbocycles. The second-order valence-corrected chi connectivity index (χ2v) is 5.68. The fourth-order valence-corrected chi connectivity index (χ4v) is 3.06. The fraction of sp³-hybridized carbons (Fsp3) is 0.0769. The lowest BCUT2D eigenvalue weighted by molar-refractivity contribution is 0.0702. The Labute approximate surface area is 126 Å². The van der Waals surface area contributed by atoms with Crippen LogP contribution in [0.5, 0.6) is 0 Å². The molecule has 0 aliphatic carbocycles. The van der Waals surface area contributed by atoms with E-state index in [2.05, 4.69) is 5.10 Å². The summed E-state index contributed by atoms with van der Waals surface area (Å²) in [6.45, 7) is 0. The number of carbonyl (C=O) groups is 1. The summed E-state index contributed by atoms with van der Waals surface area (Å²) in [5.41, 5.74) is 0.110. The smallest absolute Gasteiger partial charge is 0.345 e.